The average molecular weight is 106 g/mol. The summed E-state index contributed by atoms with van der Waals surface area (Å²) < 4.78 is 0. The molecule has 0 aromatic carbocycles. The van der Waals surface area contributed by atoms with Gasteiger partial charge in [0, 0.05) is 0 Å². The summed E-state index contributed by atoms with van der Waals surface area (Å²) in [6.45, 7) is 7.69. The number of hydrogen-bond acceptors (Lipinski definition) is 0. The van der Waals surface area contributed by atoms with Gasteiger partial charge in [0.1, 0.15) is 0 Å². The largest absolute Gasteiger partial charge is 0.0953 e. The van der Waals surface area contributed by atoms with Crippen LogP contribution in [-0.2, 0) is 0 Å². The Hall–Kier alpha value is -0.780. The Balaban J connectivity index is 2.71. The van der Waals surface area contributed by atoms with Crippen LogP contribution < -0.4 is 0 Å². The fourth-order valence-electron chi connectivity index (χ4n) is 0.740. The van der Waals surface area contributed by atoms with Crippen molar-refractivity contribution in [1.82, 2.24) is 0 Å². The molecule has 0 fully saturated rings. The summed E-state index contributed by atoms with van der Waals surface area (Å²) in [5.41, 5.74) is 2.38. The molecule has 0 radical (unpaired) electrons. The lowest BCUT2D eigenvalue weighted by Gasteiger charge is -2.08. The van der Waals surface area contributed by atoms with Crippen molar-refractivity contribution in [3.8, 4) is 0 Å². The number of rotatable bonds is 0. The number of hydrogen-bond donors (Lipinski definition) is 0. The molecule has 1 rings (SSSR count). The van der Waals surface area contributed by atoms with Gasteiger partial charge < -0.3 is 0 Å². The third-order valence-electron chi connectivity index (χ3n) is 1.40. The summed E-state index contributed by atoms with van der Waals surface area (Å²) in [6, 6.07) is 0. The third-order valence-corrected chi connectivity index (χ3v) is 1.40. The molecular formula is C8H10. The lowest BCUT2D eigenvalue weighted by Crippen LogP contribution is -1.88. The summed E-state index contributed by atoms with van der Waals surface area (Å²) in [5, 5.41) is 0. The zero-order valence-electron chi connectivity index (χ0n) is 4.98. The summed E-state index contributed by atoms with van der Waals surface area (Å²) in [6.07, 6.45) is 6.27. The highest BCUT2D eigenvalue weighted by molar-refractivity contribution is 5.32. The Morgan fingerprint density at radius 3 is 1.62 bits per heavy atom. The van der Waals surface area contributed by atoms with Crippen LogP contribution in [0.25, 0.3) is 0 Å². The summed E-state index contributed by atoms with van der Waals surface area (Å²) in [7, 11) is 0. The molecule has 0 bridgehead atoms. The van der Waals surface area contributed by atoms with Crippen LogP contribution in [0.15, 0.2) is 36.5 Å². The molecule has 0 aromatic rings. The normalized spacial score (nSPS) is 19.5. The van der Waals surface area contributed by atoms with Crippen LogP contribution in [0.2, 0.25) is 0 Å². The average Bonchev–Trinajstić information content (AvgIpc) is 1.77. The van der Waals surface area contributed by atoms with Gasteiger partial charge in [-0.25, -0.2) is 0 Å². The number of allylic oxidation sites excluding steroid dienone is 4. The highest BCUT2D eigenvalue weighted by atomic mass is 14.0. The molecule has 1 aliphatic carbocycles. The Labute approximate surface area is 50.2 Å². The summed E-state index contributed by atoms with van der Waals surface area (Å²) in [4.78, 5) is 0. The molecular weight excluding hydrogens is 96.1 g/mol. The molecule has 0 atom stereocenters. The molecule has 0 heterocycles. The van der Waals surface area contributed by atoms with Gasteiger partial charge in [-0.15, -0.1) is 0 Å². The summed E-state index contributed by atoms with van der Waals surface area (Å²) >= 11 is 0. The minimum Gasteiger partial charge on any atom is -0.0953 e. The van der Waals surface area contributed by atoms with Crippen molar-refractivity contribution in [1.29, 1.82) is 0 Å². The minimum absolute atomic E-state index is 0.999. The molecule has 0 saturated heterocycles. The zero-order chi connectivity index (χ0) is 5.98. The van der Waals surface area contributed by atoms with Crippen molar-refractivity contribution in [2.45, 2.75) is 12.8 Å². The summed E-state index contributed by atoms with van der Waals surface area (Å²) in [5.74, 6) is 0. The van der Waals surface area contributed by atoms with E-state index in [9.17, 15) is 0 Å². The van der Waals surface area contributed by atoms with Crippen LogP contribution in [0.3, 0.4) is 0 Å². The van der Waals surface area contributed by atoms with Gasteiger partial charge in [0.2, 0.25) is 0 Å². The van der Waals surface area contributed by atoms with Crippen LogP contribution in [-0.4, -0.2) is 0 Å². The van der Waals surface area contributed by atoms with Crippen molar-refractivity contribution in [3.05, 3.63) is 36.5 Å². The lowest BCUT2D eigenvalue weighted by molar-refractivity contribution is 1.10. The standard InChI is InChI=1S/C8H10/c1-7-5-3-4-6-8(7)2/h3-4H,1-2,5-6H2. The van der Waals surface area contributed by atoms with Gasteiger partial charge in [-0.1, -0.05) is 25.3 Å². The van der Waals surface area contributed by atoms with Gasteiger partial charge in [-0.2, -0.15) is 0 Å². The maximum Gasteiger partial charge on any atom is -0.0101 e. The quantitative estimate of drug-likeness (QED) is 0.416. The van der Waals surface area contributed by atoms with Crippen molar-refractivity contribution in [2.75, 3.05) is 0 Å². The highest BCUT2D eigenvalue weighted by Crippen LogP contribution is 2.19. The molecule has 0 aromatic heterocycles. The maximum atomic E-state index is 3.84. The fourth-order valence-corrected chi connectivity index (χ4v) is 0.740. The smallest absolute Gasteiger partial charge is 0.0101 e. The first-order valence-corrected chi connectivity index (χ1v) is 2.81. The molecule has 0 aliphatic heterocycles. The van der Waals surface area contributed by atoms with Gasteiger partial charge in [0.25, 0.3) is 0 Å². The van der Waals surface area contributed by atoms with Crippen LogP contribution >= 0.6 is 0 Å². The van der Waals surface area contributed by atoms with E-state index in [2.05, 4.69) is 25.3 Å². The second kappa shape index (κ2) is 1.99. The highest BCUT2D eigenvalue weighted by Gasteiger charge is 1.99. The van der Waals surface area contributed by atoms with Crippen LogP contribution in [0.5, 0.6) is 0 Å². The molecule has 42 valence electrons. The molecule has 0 amide bonds. The Morgan fingerprint density at radius 2 is 1.38 bits per heavy atom. The van der Waals surface area contributed by atoms with E-state index < -0.39 is 0 Å². The molecule has 0 spiro atoms. The van der Waals surface area contributed by atoms with E-state index in [-0.39, 0.29) is 0 Å². The first-order valence-electron chi connectivity index (χ1n) is 2.81. The van der Waals surface area contributed by atoms with Crippen molar-refractivity contribution in [2.24, 2.45) is 0 Å². The Morgan fingerprint density at radius 1 is 1.00 bits per heavy atom. The van der Waals surface area contributed by atoms with E-state index in [1.165, 1.54) is 11.1 Å². The molecule has 0 N–H and O–H groups in total. The second-order valence-corrected chi connectivity index (χ2v) is 2.09. The van der Waals surface area contributed by atoms with Gasteiger partial charge in [-0.3, -0.25) is 0 Å². The van der Waals surface area contributed by atoms with Crippen LogP contribution in [0, 0.1) is 0 Å². The minimum atomic E-state index is 0.999. The molecule has 0 saturated carbocycles. The first-order chi connectivity index (χ1) is 3.80. The van der Waals surface area contributed by atoms with E-state index in [1.807, 2.05) is 0 Å². The zero-order valence-corrected chi connectivity index (χ0v) is 4.98. The van der Waals surface area contributed by atoms with E-state index in [0.29, 0.717) is 0 Å². The molecule has 1 aliphatic rings. The maximum absolute atomic E-state index is 3.84. The van der Waals surface area contributed by atoms with Gasteiger partial charge in [0.05, 0.1) is 0 Å². The topological polar surface area (TPSA) is 0 Å². The molecule has 8 heavy (non-hydrogen) atoms. The van der Waals surface area contributed by atoms with Gasteiger partial charge >= 0.3 is 0 Å². The van der Waals surface area contributed by atoms with E-state index in [1.54, 1.807) is 0 Å². The second-order valence-electron chi connectivity index (χ2n) is 2.09. The van der Waals surface area contributed by atoms with Gasteiger partial charge in [-0.05, 0) is 24.0 Å². The van der Waals surface area contributed by atoms with Crippen molar-refractivity contribution >= 4 is 0 Å². The van der Waals surface area contributed by atoms with Crippen molar-refractivity contribution < 1.29 is 0 Å². The van der Waals surface area contributed by atoms with Crippen molar-refractivity contribution in [3.63, 3.8) is 0 Å². The molecule has 0 nitrogen and oxygen atoms in total. The first kappa shape index (κ1) is 5.36. The lowest BCUT2D eigenvalue weighted by atomic mass is 9.98. The van der Waals surface area contributed by atoms with Crippen LogP contribution in [0.1, 0.15) is 12.8 Å². The molecule has 0 unspecified atom stereocenters. The SMILES string of the molecule is C=C1CC=CCC1=C. The van der Waals surface area contributed by atoms with Gasteiger partial charge in [0.15, 0.2) is 0 Å². The van der Waals surface area contributed by atoms with Crippen LogP contribution in [0.4, 0.5) is 0 Å². The predicted molar refractivity (Wildman–Crippen MR) is 36.7 cm³/mol. The molecule has 0 heteroatoms. The predicted octanol–water partition coefficient (Wildman–Crippen LogP) is 2.45. The third kappa shape index (κ3) is 0.890. The Bertz CT molecular complexity index is 131. The van der Waals surface area contributed by atoms with E-state index >= 15 is 0 Å². The monoisotopic (exact) mass is 106 g/mol. The Kier molecular flexibility index (Phi) is 1.34. The van der Waals surface area contributed by atoms with E-state index in [0.717, 1.165) is 12.8 Å². The van der Waals surface area contributed by atoms with E-state index in [4.69, 9.17) is 0 Å². The fraction of sp³-hybridized carbons (Fsp3) is 0.250.